The van der Waals surface area contributed by atoms with Crippen molar-refractivity contribution in [2.24, 2.45) is 0 Å². The Morgan fingerprint density at radius 2 is 1.50 bits per heavy atom. The third kappa shape index (κ3) is 1.92. The Bertz CT molecular complexity index is 1220. The minimum atomic E-state index is -0.745. The molecule has 0 radical (unpaired) electrons. The van der Waals surface area contributed by atoms with Crippen LogP contribution in [0.5, 0.6) is 23.0 Å². The topological polar surface area (TPSA) is 18.5 Å². The largest absolute Gasteiger partial charge is 0.456 e. The molecule has 0 N–H and O–H groups in total. The summed E-state index contributed by atoms with van der Waals surface area (Å²) in [7, 11) is -0.745. The SMILES string of the molecule is Clc1ccc2c(c1)Oc1cccc3c1P2c1ccc2ccccc2c1O3. The number of ether oxygens (including phenoxy) is 2. The average Bonchev–Trinajstić information content (AvgIpc) is 2.67. The highest BCUT2D eigenvalue weighted by molar-refractivity contribution is 7.80. The number of hydrogen-bond acceptors (Lipinski definition) is 2. The minimum absolute atomic E-state index is 0.686. The Balaban J connectivity index is 1.72. The van der Waals surface area contributed by atoms with Crippen molar-refractivity contribution in [2.45, 2.75) is 0 Å². The molecular formula is C22H12ClO2P. The molecule has 4 aromatic carbocycles. The van der Waals surface area contributed by atoms with Crippen molar-refractivity contribution in [3.05, 3.63) is 77.8 Å². The van der Waals surface area contributed by atoms with Crippen LogP contribution < -0.4 is 25.4 Å². The monoisotopic (exact) mass is 374 g/mol. The fourth-order valence-electron chi connectivity index (χ4n) is 3.76. The summed E-state index contributed by atoms with van der Waals surface area (Å²) in [4.78, 5) is 0. The minimum Gasteiger partial charge on any atom is -0.456 e. The van der Waals surface area contributed by atoms with E-state index in [1.54, 1.807) is 0 Å². The van der Waals surface area contributed by atoms with Gasteiger partial charge < -0.3 is 9.47 Å². The molecular weight excluding hydrogens is 363 g/mol. The molecule has 1 atom stereocenters. The van der Waals surface area contributed by atoms with Crippen LogP contribution in [0.4, 0.5) is 0 Å². The van der Waals surface area contributed by atoms with Gasteiger partial charge in [0, 0.05) is 35.0 Å². The van der Waals surface area contributed by atoms with Crippen LogP contribution in [0.25, 0.3) is 10.8 Å². The van der Waals surface area contributed by atoms with Gasteiger partial charge in [0.25, 0.3) is 0 Å². The molecule has 0 aliphatic carbocycles. The number of benzene rings is 4. The summed E-state index contributed by atoms with van der Waals surface area (Å²) in [6.45, 7) is 0. The summed E-state index contributed by atoms with van der Waals surface area (Å²) in [6, 6.07) is 24.7. The van der Waals surface area contributed by atoms with Crippen LogP contribution in [0.2, 0.25) is 5.02 Å². The van der Waals surface area contributed by atoms with Crippen LogP contribution in [0.15, 0.2) is 72.8 Å². The van der Waals surface area contributed by atoms with E-state index in [0.717, 1.165) is 33.7 Å². The Labute approximate surface area is 156 Å². The van der Waals surface area contributed by atoms with Crippen LogP contribution in [-0.2, 0) is 0 Å². The zero-order chi connectivity index (χ0) is 17.3. The Kier molecular flexibility index (Phi) is 2.94. The Morgan fingerprint density at radius 1 is 0.692 bits per heavy atom. The van der Waals surface area contributed by atoms with Gasteiger partial charge in [-0.05, 0) is 35.7 Å². The summed E-state index contributed by atoms with van der Waals surface area (Å²) in [5.41, 5.74) is 0. The van der Waals surface area contributed by atoms with Gasteiger partial charge in [0.05, 0.1) is 5.30 Å². The van der Waals surface area contributed by atoms with Gasteiger partial charge >= 0.3 is 0 Å². The second-order valence-corrected chi connectivity index (χ2v) is 8.91. The molecule has 0 spiro atoms. The van der Waals surface area contributed by atoms with Crippen molar-refractivity contribution in [2.75, 3.05) is 0 Å². The van der Waals surface area contributed by atoms with Gasteiger partial charge in [-0.15, -0.1) is 0 Å². The van der Waals surface area contributed by atoms with Crippen molar-refractivity contribution < 1.29 is 9.47 Å². The molecule has 124 valence electrons. The lowest BCUT2D eigenvalue weighted by atomic mass is 10.1. The van der Waals surface area contributed by atoms with E-state index >= 15 is 0 Å². The maximum Gasteiger partial charge on any atom is 0.143 e. The third-order valence-electron chi connectivity index (χ3n) is 4.88. The zero-order valence-corrected chi connectivity index (χ0v) is 15.2. The quantitative estimate of drug-likeness (QED) is 0.328. The van der Waals surface area contributed by atoms with Crippen LogP contribution in [-0.4, -0.2) is 0 Å². The van der Waals surface area contributed by atoms with Crippen LogP contribution in [0, 0.1) is 0 Å². The molecule has 2 heterocycles. The molecule has 0 amide bonds. The van der Waals surface area contributed by atoms with E-state index in [9.17, 15) is 0 Å². The molecule has 1 unspecified atom stereocenters. The molecule has 2 nitrogen and oxygen atoms in total. The maximum atomic E-state index is 6.39. The van der Waals surface area contributed by atoms with Crippen molar-refractivity contribution >= 4 is 46.2 Å². The van der Waals surface area contributed by atoms with E-state index in [4.69, 9.17) is 21.1 Å². The first-order chi connectivity index (χ1) is 12.8. The Hall–Kier alpha value is -2.54. The first-order valence-electron chi connectivity index (χ1n) is 8.40. The lowest BCUT2D eigenvalue weighted by Crippen LogP contribution is -2.31. The van der Waals surface area contributed by atoms with Crippen molar-refractivity contribution in [3.63, 3.8) is 0 Å². The lowest BCUT2D eigenvalue weighted by molar-refractivity contribution is 0.469. The molecule has 0 saturated carbocycles. The van der Waals surface area contributed by atoms with E-state index < -0.39 is 7.92 Å². The van der Waals surface area contributed by atoms with Crippen molar-refractivity contribution in [1.29, 1.82) is 0 Å². The highest BCUT2D eigenvalue weighted by Crippen LogP contribution is 2.53. The molecule has 4 aromatic rings. The van der Waals surface area contributed by atoms with Crippen molar-refractivity contribution in [3.8, 4) is 23.0 Å². The van der Waals surface area contributed by atoms with E-state index in [-0.39, 0.29) is 0 Å². The number of rotatable bonds is 0. The fraction of sp³-hybridized carbons (Fsp3) is 0. The first-order valence-corrected chi connectivity index (χ1v) is 10.1. The van der Waals surface area contributed by atoms with Gasteiger partial charge in [0.15, 0.2) is 0 Å². The molecule has 2 aliphatic heterocycles. The van der Waals surface area contributed by atoms with Crippen LogP contribution >= 0.6 is 19.5 Å². The average molecular weight is 375 g/mol. The lowest BCUT2D eigenvalue weighted by Gasteiger charge is -2.35. The molecule has 0 fully saturated rings. The fourth-order valence-corrected chi connectivity index (χ4v) is 6.49. The zero-order valence-electron chi connectivity index (χ0n) is 13.6. The van der Waals surface area contributed by atoms with Gasteiger partial charge in [-0.3, -0.25) is 0 Å². The molecule has 2 aliphatic rings. The molecule has 0 aromatic heterocycles. The summed E-state index contributed by atoms with van der Waals surface area (Å²) < 4.78 is 12.5. The van der Waals surface area contributed by atoms with Gasteiger partial charge in [0.2, 0.25) is 0 Å². The highest BCUT2D eigenvalue weighted by atomic mass is 35.5. The molecule has 6 rings (SSSR count). The van der Waals surface area contributed by atoms with E-state index in [1.807, 2.05) is 30.3 Å². The maximum absolute atomic E-state index is 6.39. The van der Waals surface area contributed by atoms with Crippen LogP contribution in [0.3, 0.4) is 0 Å². The second kappa shape index (κ2) is 5.23. The summed E-state index contributed by atoms with van der Waals surface area (Å²) in [6.07, 6.45) is 0. The van der Waals surface area contributed by atoms with Gasteiger partial charge in [0.1, 0.15) is 23.0 Å². The third-order valence-corrected chi connectivity index (χ3v) is 7.69. The second-order valence-electron chi connectivity index (χ2n) is 6.39. The normalized spacial score (nSPS) is 16.1. The van der Waals surface area contributed by atoms with Gasteiger partial charge in [-0.2, -0.15) is 0 Å². The molecule has 0 saturated heterocycles. The smallest absolute Gasteiger partial charge is 0.143 e. The number of hydrogen-bond donors (Lipinski definition) is 0. The summed E-state index contributed by atoms with van der Waals surface area (Å²) in [5.74, 6) is 3.55. The first kappa shape index (κ1) is 14.6. The molecule has 26 heavy (non-hydrogen) atoms. The standard InChI is InChI=1S/C22H12ClO2P/c23-14-9-11-19-18(12-14)24-16-6-3-7-17-22(16)26(19)20-10-8-13-4-1-2-5-15(13)21(20)25-17/h1-12H. The van der Waals surface area contributed by atoms with Gasteiger partial charge in [-0.25, -0.2) is 0 Å². The predicted octanol–water partition coefficient (Wildman–Crippen LogP) is 5.46. The summed E-state index contributed by atoms with van der Waals surface area (Å²) in [5, 5.41) is 6.58. The summed E-state index contributed by atoms with van der Waals surface area (Å²) >= 11 is 6.22. The number of halogens is 1. The molecule has 0 bridgehead atoms. The number of fused-ring (bicyclic) bond motifs is 6. The molecule has 4 heteroatoms. The highest BCUT2D eigenvalue weighted by Gasteiger charge is 2.37. The van der Waals surface area contributed by atoms with Crippen LogP contribution in [0.1, 0.15) is 0 Å². The van der Waals surface area contributed by atoms with E-state index in [1.165, 1.54) is 16.0 Å². The Morgan fingerprint density at radius 3 is 2.42 bits per heavy atom. The van der Waals surface area contributed by atoms with E-state index in [0.29, 0.717) is 5.02 Å². The van der Waals surface area contributed by atoms with E-state index in [2.05, 4.69) is 42.5 Å². The van der Waals surface area contributed by atoms with Crippen molar-refractivity contribution in [1.82, 2.24) is 0 Å². The predicted molar refractivity (Wildman–Crippen MR) is 108 cm³/mol. The van der Waals surface area contributed by atoms with Gasteiger partial charge in [-0.1, -0.05) is 48.0 Å².